The van der Waals surface area contributed by atoms with Crippen LogP contribution in [0.15, 0.2) is 97.2 Å². The number of carbonyl (C=O) groups is 2. The molecule has 0 spiro atoms. The Kier molecular flexibility index (Phi) is 15.0. The Morgan fingerprint density at radius 3 is 1.91 bits per heavy atom. The summed E-state index contributed by atoms with van der Waals surface area (Å²) in [6, 6.07) is 28.7. The van der Waals surface area contributed by atoms with Crippen molar-refractivity contribution in [2.75, 3.05) is 11.5 Å². The number of amidine groups is 1. The Hall–Kier alpha value is -6.59. The highest BCUT2D eigenvalue weighted by Crippen LogP contribution is 2.39. The lowest BCUT2D eigenvalue weighted by atomic mass is 9.98. The molecule has 0 atom stereocenters. The third-order valence-electron chi connectivity index (χ3n) is 7.17. The van der Waals surface area contributed by atoms with Crippen molar-refractivity contribution in [3.05, 3.63) is 114 Å². The highest BCUT2D eigenvalue weighted by atomic mass is 19.4. The first kappa shape index (κ1) is 43.8. The zero-order chi connectivity index (χ0) is 41.8. The fourth-order valence-corrected chi connectivity index (χ4v) is 4.80. The van der Waals surface area contributed by atoms with Gasteiger partial charge in [-0.1, -0.05) is 54.6 Å². The minimum absolute atomic E-state index is 0.0435. The average molecular weight is 792 g/mol. The molecule has 0 saturated heterocycles. The highest BCUT2D eigenvalue weighted by Gasteiger charge is 2.39. The molecule has 18 heteroatoms. The number of imidazole rings is 1. The molecular formula is C38H36F7N5O6. The van der Waals surface area contributed by atoms with Gasteiger partial charge < -0.3 is 35.3 Å². The highest BCUT2D eigenvalue weighted by molar-refractivity contribution is 5.95. The molecule has 1 heterocycles. The van der Waals surface area contributed by atoms with E-state index in [4.69, 9.17) is 40.4 Å². The molecule has 0 unspecified atom stereocenters. The molecule has 0 fully saturated rings. The predicted octanol–water partition coefficient (Wildman–Crippen LogP) is 8.96. The molecule has 0 aliphatic rings. The molecule has 0 radical (unpaired) electrons. The van der Waals surface area contributed by atoms with Gasteiger partial charge in [0.15, 0.2) is 11.6 Å². The maximum absolute atomic E-state index is 16.1. The number of benzene rings is 4. The van der Waals surface area contributed by atoms with E-state index in [1.807, 2.05) is 51.1 Å². The first-order valence-electron chi connectivity index (χ1n) is 16.4. The van der Waals surface area contributed by atoms with E-state index in [-0.39, 0.29) is 29.9 Å². The third kappa shape index (κ3) is 12.5. The molecule has 4 aromatic carbocycles. The fourth-order valence-electron chi connectivity index (χ4n) is 4.80. The van der Waals surface area contributed by atoms with Crippen molar-refractivity contribution in [1.29, 1.82) is 5.41 Å². The van der Waals surface area contributed by atoms with Gasteiger partial charge in [-0.05, 0) is 56.2 Å². The molecule has 298 valence electrons. The van der Waals surface area contributed by atoms with Gasteiger partial charge in [0, 0.05) is 28.9 Å². The number of H-pyrrole nitrogens is 1. The number of ether oxygens (including phenoxy) is 2. The first-order chi connectivity index (χ1) is 26.2. The SMILES string of the molecule is CCOc1cc(OC(C)C)c(F)c(N(Cc2ncc(-c3ccccc3-c3ccccc3)[nH]2)c2ccc(C(=N)N)cc2)c1.O=C(O)C(F)(F)F.O=C(O)C(F)(F)F. The molecule has 11 nitrogen and oxygen atoms in total. The van der Waals surface area contributed by atoms with E-state index in [0.717, 1.165) is 22.4 Å². The Morgan fingerprint density at radius 2 is 1.41 bits per heavy atom. The summed E-state index contributed by atoms with van der Waals surface area (Å²) < 4.78 is 91.2. The zero-order valence-corrected chi connectivity index (χ0v) is 29.9. The molecule has 0 amide bonds. The molecular weight excluding hydrogens is 755 g/mol. The van der Waals surface area contributed by atoms with Gasteiger partial charge in [-0.15, -0.1) is 0 Å². The van der Waals surface area contributed by atoms with Gasteiger partial charge in [0.1, 0.15) is 17.4 Å². The lowest BCUT2D eigenvalue weighted by Crippen LogP contribution is -2.21. The van der Waals surface area contributed by atoms with E-state index in [2.05, 4.69) is 34.2 Å². The van der Waals surface area contributed by atoms with Crippen LogP contribution in [0.25, 0.3) is 22.4 Å². The minimum atomic E-state index is -5.08. The first-order valence-corrected chi connectivity index (χ1v) is 16.4. The van der Waals surface area contributed by atoms with Crippen LogP contribution in [0.2, 0.25) is 0 Å². The number of carboxylic acids is 2. The van der Waals surface area contributed by atoms with Crippen molar-refractivity contribution in [2.24, 2.45) is 5.73 Å². The van der Waals surface area contributed by atoms with Crippen LogP contribution in [0.3, 0.4) is 0 Å². The summed E-state index contributed by atoms with van der Waals surface area (Å²) in [4.78, 5) is 27.7. The van der Waals surface area contributed by atoms with Gasteiger partial charge in [-0.2, -0.15) is 26.3 Å². The number of nitrogens with two attached hydrogens (primary N) is 1. The second-order valence-electron chi connectivity index (χ2n) is 11.7. The number of halogens is 7. The fraction of sp³-hybridized carbons (Fsp3) is 0.211. The number of anilines is 2. The number of aromatic nitrogens is 2. The number of hydrogen-bond acceptors (Lipinski definition) is 7. The average Bonchev–Trinajstić information content (AvgIpc) is 3.60. The molecule has 1 aromatic heterocycles. The molecule has 5 rings (SSSR count). The largest absolute Gasteiger partial charge is 0.494 e. The van der Waals surface area contributed by atoms with E-state index >= 15 is 4.39 Å². The number of hydrogen-bond donors (Lipinski definition) is 5. The number of nitrogens with one attached hydrogen (secondary N) is 2. The van der Waals surface area contributed by atoms with Crippen LogP contribution >= 0.6 is 0 Å². The summed E-state index contributed by atoms with van der Waals surface area (Å²) in [5.41, 5.74) is 11.3. The third-order valence-corrected chi connectivity index (χ3v) is 7.17. The van der Waals surface area contributed by atoms with E-state index in [1.54, 1.807) is 47.5 Å². The number of alkyl halides is 6. The maximum atomic E-state index is 16.1. The van der Waals surface area contributed by atoms with Crippen molar-refractivity contribution in [3.63, 3.8) is 0 Å². The summed E-state index contributed by atoms with van der Waals surface area (Å²) in [5, 5.41) is 22.0. The van der Waals surface area contributed by atoms with Crippen LogP contribution in [0, 0.1) is 11.2 Å². The number of aromatic amines is 1. The second-order valence-corrected chi connectivity index (χ2v) is 11.7. The van der Waals surface area contributed by atoms with Crippen LogP contribution in [0.4, 0.5) is 42.1 Å². The Balaban J connectivity index is 0.000000512. The number of aliphatic carboxylic acids is 2. The van der Waals surface area contributed by atoms with Crippen LogP contribution in [-0.4, -0.2) is 63.0 Å². The van der Waals surface area contributed by atoms with E-state index < -0.39 is 30.1 Å². The molecule has 0 aliphatic carbocycles. The quantitative estimate of drug-likeness (QED) is 0.0497. The number of nitrogens with zero attached hydrogens (tertiary/aromatic N) is 2. The van der Waals surface area contributed by atoms with Crippen LogP contribution in [0.1, 0.15) is 32.2 Å². The van der Waals surface area contributed by atoms with E-state index in [9.17, 15) is 26.3 Å². The molecule has 5 aromatic rings. The minimum Gasteiger partial charge on any atom is -0.494 e. The van der Waals surface area contributed by atoms with Crippen molar-refractivity contribution >= 4 is 29.1 Å². The molecule has 0 bridgehead atoms. The van der Waals surface area contributed by atoms with Gasteiger partial charge in [-0.25, -0.2) is 19.0 Å². The van der Waals surface area contributed by atoms with Crippen LogP contribution < -0.4 is 20.1 Å². The summed E-state index contributed by atoms with van der Waals surface area (Å²) >= 11 is 0. The molecule has 56 heavy (non-hydrogen) atoms. The van der Waals surface area contributed by atoms with Crippen LogP contribution in [0.5, 0.6) is 11.5 Å². The van der Waals surface area contributed by atoms with Gasteiger partial charge in [0.05, 0.1) is 36.8 Å². The maximum Gasteiger partial charge on any atom is 0.490 e. The molecule has 0 aliphatic heterocycles. The standard InChI is InChI=1S/C34H34FN5O2.2C2HF3O2/c1-4-41-26-18-30(33(35)31(19-26)42-22(2)3)40(25-16-14-24(15-17-25)34(36)37)21-32-38-20-29(39-32)28-13-9-8-12-27(28)23-10-6-5-7-11-23;2*3-2(4,5)1(6)7/h5-20,22H,4,21H2,1-3H3,(H3,36,37)(H,38,39);2*(H,6,7). The lowest BCUT2D eigenvalue weighted by molar-refractivity contribution is -0.193. The van der Waals surface area contributed by atoms with Gasteiger partial charge in [-0.3, -0.25) is 5.41 Å². The predicted molar refractivity (Wildman–Crippen MR) is 193 cm³/mol. The van der Waals surface area contributed by atoms with Crippen molar-refractivity contribution in [1.82, 2.24) is 9.97 Å². The normalized spacial score (nSPS) is 11.1. The zero-order valence-electron chi connectivity index (χ0n) is 29.9. The van der Waals surface area contributed by atoms with Crippen molar-refractivity contribution in [2.45, 2.75) is 45.8 Å². The van der Waals surface area contributed by atoms with Crippen molar-refractivity contribution < 1.29 is 60.0 Å². The summed E-state index contributed by atoms with van der Waals surface area (Å²) in [7, 11) is 0. The Bertz CT molecular complexity index is 2060. The lowest BCUT2D eigenvalue weighted by Gasteiger charge is -2.26. The van der Waals surface area contributed by atoms with Crippen LogP contribution in [-0.2, 0) is 16.1 Å². The Labute approximate surface area is 315 Å². The van der Waals surface area contributed by atoms with Gasteiger partial charge in [0.25, 0.3) is 0 Å². The number of rotatable bonds is 11. The topological polar surface area (TPSA) is 175 Å². The van der Waals surface area contributed by atoms with E-state index in [0.29, 0.717) is 29.4 Å². The van der Waals surface area contributed by atoms with Gasteiger partial charge >= 0.3 is 24.3 Å². The monoisotopic (exact) mass is 791 g/mol. The summed E-state index contributed by atoms with van der Waals surface area (Å²) in [6.07, 6.45) is -8.60. The number of nitrogen functional groups attached to an aromatic ring is 1. The van der Waals surface area contributed by atoms with Crippen molar-refractivity contribution in [3.8, 4) is 33.9 Å². The smallest absolute Gasteiger partial charge is 0.490 e. The van der Waals surface area contributed by atoms with Gasteiger partial charge in [0.2, 0.25) is 0 Å². The van der Waals surface area contributed by atoms with E-state index in [1.165, 1.54) is 0 Å². The Morgan fingerprint density at radius 1 is 0.875 bits per heavy atom. The number of carboxylic acid groups (broad SMARTS) is 2. The molecule has 6 N–H and O–H groups in total. The molecule has 0 saturated carbocycles. The summed E-state index contributed by atoms with van der Waals surface area (Å²) in [5.74, 6) is -4.84. The second kappa shape index (κ2) is 19.1. The summed E-state index contributed by atoms with van der Waals surface area (Å²) in [6.45, 7) is 6.22.